The average molecular weight is 244 g/mol. The fourth-order valence-corrected chi connectivity index (χ4v) is 1.23. The van der Waals surface area contributed by atoms with Crippen LogP contribution in [-0.2, 0) is 0 Å². The second-order valence-corrected chi connectivity index (χ2v) is 4.29. The van der Waals surface area contributed by atoms with Crippen LogP contribution in [0.1, 0.15) is 20.3 Å². The Balaban J connectivity index is 2.37. The Morgan fingerprint density at radius 3 is 2.85 bits per heavy atom. The Hall–Kier alpha value is -0.570. The van der Waals surface area contributed by atoms with Gasteiger partial charge in [0.05, 0.1) is 12.8 Å². The van der Waals surface area contributed by atoms with Crippen LogP contribution in [0, 0.1) is 5.92 Å². The van der Waals surface area contributed by atoms with Crippen LogP contribution in [0.5, 0.6) is 5.75 Å². The summed E-state index contributed by atoms with van der Waals surface area (Å²) in [5, 5.41) is 0. The van der Waals surface area contributed by atoms with Gasteiger partial charge in [-0.15, -0.1) is 0 Å². The predicted molar refractivity (Wildman–Crippen MR) is 56.9 cm³/mol. The molecule has 1 rings (SSSR count). The zero-order valence-electron chi connectivity index (χ0n) is 7.96. The van der Waals surface area contributed by atoms with E-state index in [9.17, 15) is 0 Å². The highest BCUT2D eigenvalue weighted by Crippen LogP contribution is 2.16. The number of ether oxygens (including phenoxy) is 1. The molecule has 0 atom stereocenters. The molecule has 2 nitrogen and oxygen atoms in total. The quantitative estimate of drug-likeness (QED) is 0.810. The van der Waals surface area contributed by atoms with Crippen LogP contribution in [0.4, 0.5) is 0 Å². The highest BCUT2D eigenvalue weighted by atomic mass is 79.9. The number of aromatic nitrogens is 1. The van der Waals surface area contributed by atoms with Crippen LogP contribution in [0.15, 0.2) is 22.9 Å². The Morgan fingerprint density at radius 2 is 2.23 bits per heavy atom. The minimum atomic E-state index is 0.681. The Kier molecular flexibility index (Phi) is 4.22. The van der Waals surface area contributed by atoms with Crippen LogP contribution >= 0.6 is 15.9 Å². The van der Waals surface area contributed by atoms with E-state index in [0.717, 1.165) is 23.2 Å². The van der Waals surface area contributed by atoms with Crippen molar-refractivity contribution in [1.82, 2.24) is 4.98 Å². The molecule has 0 aromatic carbocycles. The Bertz CT molecular complexity index is 263. The summed E-state index contributed by atoms with van der Waals surface area (Å²) in [6.07, 6.45) is 4.55. The highest BCUT2D eigenvalue weighted by molar-refractivity contribution is 9.10. The lowest BCUT2D eigenvalue weighted by Gasteiger charge is -2.07. The lowest BCUT2D eigenvalue weighted by molar-refractivity contribution is 0.288. The van der Waals surface area contributed by atoms with E-state index in [-0.39, 0.29) is 0 Å². The molecule has 72 valence electrons. The molecule has 0 unspecified atom stereocenters. The number of hydrogen-bond acceptors (Lipinski definition) is 2. The molecule has 0 fully saturated rings. The number of halogens is 1. The van der Waals surface area contributed by atoms with E-state index in [1.54, 1.807) is 12.4 Å². The maximum absolute atomic E-state index is 5.51. The van der Waals surface area contributed by atoms with Crippen LogP contribution in [-0.4, -0.2) is 11.6 Å². The van der Waals surface area contributed by atoms with Gasteiger partial charge in [0, 0.05) is 10.7 Å². The van der Waals surface area contributed by atoms with Crippen molar-refractivity contribution < 1.29 is 4.74 Å². The molecule has 3 heteroatoms. The van der Waals surface area contributed by atoms with Crippen LogP contribution in [0.25, 0.3) is 0 Å². The molecule has 1 aromatic heterocycles. The lowest BCUT2D eigenvalue weighted by Crippen LogP contribution is -2.01. The fourth-order valence-electron chi connectivity index (χ4n) is 0.884. The predicted octanol–water partition coefficient (Wildman–Crippen LogP) is 3.27. The number of pyridine rings is 1. The van der Waals surface area contributed by atoms with E-state index < -0.39 is 0 Å². The molecule has 0 aliphatic rings. The summed E-state index contributed by atoms with van der Waals surface area (Å²) < 4.78 is 6.46. The summed E-state index contributed by atoms with van der Waals surface area (Å²) in [5.41, 5.74) is 0. The van der Waals surface area contributed by atoms with Crippen molar-refractivity contribution in [2.45, 2.75) is 20.3 Å². The molecule has 0 bridgehead atoms. The smallest absolute Gasteiger partial charge is 0.138 e. The van der Waals surface area contributed by atoms with Crippen molar-refractivity contribution in [2.75, 3.05) is 6.61 Å². The second-order valence-electron chi connectivity index (χ2n) is 3.37. The summed E-state index contributed by atoms with van der Waals surface area (Å²) in [4.78, 5) is 4.01. The van der Waals surface area contributed by atoms with Gasteiger partial charge >= 0.3 is 0 Å². The summed E-state index contributed by atoms with van der Waals surface area (Å²) in [7, 11) is 0. The summed E-state index contributed by atoms with van der Waals surface area (Å²) >= 11 is 3.34. The molecule has 13 heavy (non-hydrogen) atoms. The van der Waals surface area contributed by atoms with Gasteiger partial charge in [0.15, 0.2) is 0 Å². The lowest BCUT2D eigenvalue weighted by atomic mass is 10.1. The molecule has 1 heterocycles. The SMILES string of the molecule is CC(C)CCOc1cncc(Br)c1. The third kappa shape index (κ3) is 4.27. The zero-order chi connectivity index (χ0) is 9.68. The Labute approximate surface area is 87.5 Å². The summed E-state index contributed by atoms with van der Waals surface area (Å²) in [6.45, 7) is 5.13. The van der Waals surface area contributed by atoms with E-state index in [1.807, 2.05) is 6.07 Å². The zero-order valence-corrected chi connectivity index (χ0v) is 9.54. The number of hydrogen-bond donors (Lipinski definition) is 0. The first kappa shape index (κ1) is 10.5. The van der Waals surface area contributed by atoms with Crippen molar-refractivity contribution in [3.63, 3.8) is 0 Å². The van der Waals surface area contributed by atoms with E-state index in [4.69, 9.17) is 4.74 Å². The van der Waals surface area contributed by atoms with Gasteiger partial charge < -0.3 is 4.74 Å². The van der Waals surface area contributed by atoms with Crippen molar-refractivity contribution >= 4 is 15.9 Å². The molecule has 0 spiro atoms. The molecule has 0 aliphatic heterocycles. The van der Waals surface area contributed by atoms with Gasteiger partial charge in [0.25, 0.3) is 0 Å². The van der Waals surface area contributed by atoms with Gasteiger partial charge in [-0.25, -0.2) is 0 Å². The second kappa shape index (κ2) is 5.22. The van der Waals surface area contributed by atoms with Crippen LogP contribution in [0.2, 0.25) is 0 Å². The Morgan fingerprint density at radius 1 is 1.46 bits per heavy atom. The third-order valence-corrected chi connectivity index (χ3v) is 2.08. The minimum absolute atomic E-state index is 0.681. The number of rotatable bonds is 4. The van der Waals surface area contributed by atoms with E-state index in [1.165, 1.54) is 0 Å². The van der Waals surface area contributed by atoms with Gasteiger partial charge in [0.2, 0.25) is 0 Å². The van der Waals surface area contributed by atoms with Gasteiger partial charge in [-0.3, -0.25) is 4.98 Å². The van der Waals surface area contributed by atoms with Gasteiger partial charge in [-0.05, 0) is 34.3 Å². The largest absolute Gasteiger partial charge is 0.492 e. The van der Waals surface area contributed by atoms with Crippen molar-refractivity contribution in [2.24, 2.45) is 5.92 Å². The molecule has 0 aliphatic carbocycles. The van der Waals surface area contributed by atoms with Crippen molar-refractivity contribution in [1.29, 1.82) is 0 Å². The molecule has 0 amide bonds. The first-order valence-electron chi connectivity index (χ1n) is 4.42. The fraction of sp³-hybridized carbons (Fsp3) is 0.500. The highest BCUT2D eigenvalue weighted by Gasteiger charge is 1.97. The first-order chi connectivity index (χ1) is 6.18. The van der Waals surface area contributed by atoms with Gasteiger partial charge in [-0.1, -0.05) is 13.8 Å². The van der Waals surface area contributed by atoms with Crippen LogP contribution in [0.3, 0.4) is 0 Å². The minimum Gasteiger partial charge on any atom is -0.492 e. The normalized spacial score (nSPS) is 10.5. The first-order valence-corrected chi connectivity index (χ1v) is 5.21. The van der Waals surface area contributed by atoms with E-state index in [2.05, 4.69) is 34.8 Å². The van der Waals surface area contributed by atoms with E-state index >= 15 is 0 Å². The molecular weight excluding hydrogens is 230 g/mol. The van der Waals surface area contributed by atoms with Crippen molar-refractivity contribution in [3.05, 3.63) is 22.9 Å². The summed E-state index contributed by atoms with van der Waals surface area (Å²) in [6, 6.07) is 1.92. The molecule has 0 saturated heterocycles. The molecule has 0 N–H and O–H groups in total. The van der Waals surface area contributed by atoms with Crippen molar-refractivity contribution in [3.8, 4) is 5.75 Å². The molecular formula is C10H14BrNO. The maximum Gasteiger partial charge on any atom is 0.138 e. The molecule has 0 saturated carbocycles. The standard InChI is InChI=1S/C10H14BrNO/c1-8(2)3-4-13-10-5-9(11)6-12-7-10/h5-8H,3-4H2,1-2H3. The summed E-state index contributed by atoms with van der Waals surface area (Å²) in [5.74, 6) is 1.51. The average Bonchev–Trinajstić information content (AvgIpc) is 2.03. The van der Waals surface area contributed by atoms with E-state index in [0.29, 0.717) is 5.92 Å². The van der Waals surface area contributed by atoms with Gasteiger partial charge in [0.1, 0.15) is 5.75 Å². The van der Waals surface area contributed by atoms with Crippen LogP contribution < -0.4 is 4.74 Å². The topological polar surface area (TPSA) is 22.1 Å². The molecule has 1 aromatic rings. The molecule has 0 radical (unpaired) electrons. The maximum atomic E-state index is 5.51. The third-order valence-electron chi connectivity index (χ3n) is 1.64. The number of nitrogens with zero attached hydrogens (tertiary/aromatic N) is 1. The van der Waals surface area contributed by atoms with Gasteiger partial charge in [-0.2, -0.15) is 0 Å². The monoisotopic (exact) mass is 243 g/mol.